The van der Waals surface area contributed by atoms with E-state index >= 15 is 0 Å². The Labute approximate surface area is 105 Å². The first kappa shape index (κ1) is 14.0. The lowest BCUT2D eigenvalue weighted by molar-refractivity contribution is 0.0729. The molecule has 0 fully saturated rings. The molecule has 0 spiro atoms. The summed E-state index contributed by atoms with van der Waals surface area (Å²) < 4.78 is 13.5. The van der Waals surface area contributed by atoms with E-state index in [4.69, 9.17) is 10.9 Å². The molecule has 1 aromatic rings. The topological polar surface area (TPSA) is 78.9 Å². The Hall–Kier alpha value is -2.11. The van der Waals surface area contributed by atoms with Crippen LogP contribution in [0.15, 0.2) is 29.4 Å². The Morgan fingerprint density at radius 1 is 1.50 bits per heavy atom. The Morgan fingerprint density at radius 2 is 2.11 bits per heavy atom. The van der Waals surface area contributed by atoms with E-state index in [9.17, 15) is 9.18 Å². The molecule has 0 bridgehead atoms. The van der Waals surface area contributed by atoms with E-state index in [1.165, 1.54) is 23.1 Å². The molecule has 0 atom stereocenters. The summed E-state index contributed by atoms with van der Waals surface area (Å²) >= 11 is 0. The molecule has 0 aliphatic carbocycles. The van der Waals surface area contributed by atoms with Crippen molar-refractivity contribution in [3.8, 4) is 0 Å². The van der Waals surface area contributed by atoms with Crippen LogP contribution in [0.3, 0.4) is 0 Å². The number of nitrogens with zero attached hydrogens (tertiary/aromatic N) is 2. The van der Waals surface area contributed by atoms with E-state index in [0.29, 0.717) is 0 Å². The lowest BCUT2D eigenvalue weighted by atomic mass is 10.1. The fraction of sp³-hybridized carbons (Fsp3) is 0.333. The Bertz CT molecular complexity index is 460. The summed E-state index contributed by atoms with van der Waals surface area (Å²) in [4.78, 5) is 13.5. The van der Waals surface area contributed by atoms with Gasteiger partial charge in [-0.15, -0.1) is 0 Å². The summed E-state index contributed by atoms with van der Waals surface area (Å²) in [5, 5.41) is 11.3. The molecule has 1 aromatic carbocycles. The number of amides is 1. The van der Waals surface area contributed by atoms with Gasteiger partial charge in [0.1, 0.15) is 5.82 Å². The lowest BCUT2D eigenvalue weighted by Crippen LogP contribution is -2.43. The van der Waals surface area contributed by atoms with Gasteiger partial charge in [0, 0.05) is 6.04 Å². The van der Waals surface area contributed by atoms with Crippen molar-refractivity contribution < 1.29 is 14.4 Å². The van der Waals surface area contributed by atoms with Crippen LogP contribution in [0.2, 0.25) is 0 Å². The summed E-state index contributed by atoms with van der Waals surface area (Å²) in [6, 6.07) is 5.51. The van der Waals surface area contributed by atoms with Gasteiger partial charge in [0.2, 0.25) is 0 Å². The first-order valence-electron chi connectivity index (χ1n) is 5.49. The maximum Gasteiger partial charge on any atom is 0.257 e. The van der Waals surface area contributed by atoms with Gasteiger partial charge in [0.25, 0.3) is 5.91 Å². The number of rotatable bonds is 4. The number of halogens is 1. The predicted molar refractivity (Wildman–Crippen MR) is 66.0 cm³/mol. The van der Waals surface area contributed by atoms with Gasteiger partial charge >= 0.3 is 0 Å². The van der Waals surface area contributed by atoms with Crippen molar-refractivity contribution in [3.63, 3.8) is 0 Å². The second kappa shape index (κ2) is 6.00. The molecule has 0 unspecified atom stereocenters. The van der Waals surface area contributed by atoms with Gasteiger partial charge in [-0.05, 0) is 26.0 Å². The van der Waals surface area contributed by atoms with Crippen molar-refractivity contribution in [1.29, 1.82) is 0 Å². The van der Waals surface area contributed by atoms with Crippen LogP contribution >= 0.6 is 0 Å². The van der Waals surface area contributed by atoms with Crippen LogP contribution < -0.4 is 5.73 Å². The molecule has 0 aliphatic rings. The first-order valence-corrected chi connectivity index (χ1v) is 5.49. The SMILES string of the molecule is CC(C)N(CC(N)=NO)C(=O)c1ccccc1F. The van der Waals surface area contributed by atoms with Crippen molar-refractivity contribution in [1.82, 2.24) is 4.90 Å². The fourth-order valence-electron chi connectivity index (χ4n) is 1.48. The first-order chi connectivity index (χ1) is 8.47. The van der Waals surface area contributed by atoms with E-state index in [0.717, 1.165) is 0 Å². The minimum Gasteiger partial charge on any atom is -0.409 e. The highest BCUT2D eigenvalue weighted by molar-refractivity contribution is 5.97. The van der Waals surface area contributed by atoms with Crippen LogP contribution in [0.1, 0.15) is 24.2 Å². The van der Waals surface area contributed by atoms with Crippen molar-refractivity contribution in [2.45, 2.75) is 19.9 Å². The maximum atomic E-state index is 13.5. The molecule has 1 amide bonds. The molecular weight excluding hydrogens is 237 g/mol. The smallest absolute Gasteiger partial charge is 0.257 e. The summed E-state index contributed by atoms with van der Waals surface area (Å²) in [6.07, 6.45) is 0. The van der Waals surface area contributed by atoms with Crippen LogP contribution in [0.5, 0.6) is 0 Å². The fourth-order valence-corrected chi connectivity index (χ4v) is 1.48. The molecule has 0 saturated carbocycles. The molecule has 0 aromatic heterocycles. The molecule has 6 heteroatoms. The van der Waals surface area contributed by atoms with Gasteiger partial charge in [-0.2, -0.15) is 0 Å². The van der Waals surface area contributed by atoms with Gasteiger partial charge in [-0.25, -0.2) is 4.39 Å². The predicted octanol–water partition coefficient (Wildman–Crippen LogP) is 1.42. The Kier molecular flexibility index (Phi) is 4.65. The van der Waals surface area contributed by atoms with Gasteiger partial charge in [-0.1, -0.05) is 17.3 Å². The second-order valence-corrected chi connectivity index (χ2v) is 4.10. The number of nitrogens with two attached hydrogens (primary N) is 1. The minimum absolute atomic E-state index is 0.0306. The van der Waals surface area contributed by atoms with E-state index in [2.05, 4.69) is 5.16 Å². The molecule has 0 radical (unpaired) electrons. The molecule has 1 rings (SSSR count). The van der Waals surface area contributed by atoms with Crippen LogP contribution in [-0.4, -0.2) is 34.4 Å². The van der Waals surface area contributed by atoms with Gasteiger partial charge < -0.3 is 15.8 Å². The number of amidine groups is 1. The third-order valence-corrected chi connectivity index (χ3v) is 2.45. The normalized spacial score (nSPS) is 11.7. The highest BCUT2D eigenvalue weighted by atomic mass is 19.1. The van der Waals surface area contributed by atoms with Crippen molar-refractivity contribution in [2.24, 2.45) is 10.9 Å². The van der Waals surface area contributed by atoms with E-state index in [1.807, 2.05) is 0 Å². The molecule has 0 heterocycles. The molecule has 0 aliphatic heterocycles. The maximum absolute atomic E-state index is 13.5. The van der Waals surface area contributed by atoms with Crippen LogP contribution in [0, 0.1) is 5.82 Å². The number of carbonyl (C=O) groups excluding carboxylic acids is 1. The van der Waals surface area contributed by atoms with Crippen molar-refractivity contribution in [2.75, 3.05) is 6.54 Å². The lowest BCUT2D eigenvalue weighted by Gasteiger charge is -2.26. The number of hydrogen-bond acceptors (Lipinski definition) is 3. The summed E-state index contributed by atoms with van der Waals surface area (Å²) in [7, 11) is 0. The van der Waals surface area contributed by atoms with Crippen molar-refractivity contribution >= 4 is 11.7 Å². The summed E-state index contributed by atoms with van der Waals surface area (Å²) in [5.74, 6) is -1.18. The van der Waals surface area contributed by atoms with Crippen LogP contribution in [0.4, 0.5) is 4.39 Å². The van der Waals surface area contributed by atoms with E-state index in [1.54, 1.807) is 19.9 Å². The number of oxime groups is 1. The molecule has 0 saturated heterocycles. The standard InChI is InChI=1S/C12H16FN3O2/c1-8(2)16(7-11(14)15-18)12(17)9-5-3-4-6-10(9)13/h3-6,8,18H,7H2,1-2H3,(H2,14,15). The third-order valence-electron chi connectivity index (χ3n) is 2.45. The molecule has 98 valence electrons. The van der Waals surface area contributed by atoms with Crippen LogP contribution in [0.25, 0.3) is 0 Å². The Balaban J connectivity index is 3.01. The van der Waals surface area contributed by atoms with Crippen molar-refractivity contribution in [3.05, 3.63) is 35.6 Å². The average molecular weight is 253 g/mol. The zero-order chi connectivity index (χ0) is 13.7. The minimum atomic E-state index is -0.590. The second-order valence-electron chi connectivity index (χ2n) is 4.10. The quantitative estimate of drug-likeness (QED) is 0.368. The molecule has 3 N–H and O–H groups in total. The van der Waals surface area contributed by atoms with E-state index < -0.39 is 11.7 Å². The highest BCUT2D eigenvalue weighted by Gasteiger charge is 2.22. The summed E-state index contributed by atoms with van der Waals surface area (Å²) in [5.41, 5.74) is 5.35. The zero-order valence-corrected chi connectivity index (χ0v) is 10.3. The monoisotopic (exact) mass is 253 g/mol. The molecule has 18 heavy (non-hydrogen) atoms. The third kappa shape index (κ3) is 3.19. The zero-order valence-electron chi connectivity index (χ0n) is 10.3. The summed E-state index contributed by atoms with van der Waals surface area (Å²) in [6.45, 7) is 3.48. The molecular formula is C12H16FN3O2. The van der Waals surface area contributed by atoms with Gasteiger partial charge in [-0.3, -0.25) is 4.79 Å². The largest absolute Gasteiger partial charge is 0.409 e. The van der Waals surface area contributed by atoms with Crippen LogP contribution in [-0.2, 0) is 0 Å². The number of carbonyl (C=O) groups is 1. The number of benzene rings is 1. The Morgan fingerprint density at radius 3 is 2.61 bits per heavy atom. The number of hydrogen-bond donors (Lipinski definition) is 2. The highest BCUT2D eigenvalue weighted by Crippen LogP contribution is 2.12. The van der Waals surface area contributed by atoms with Gasteiger partial charge in [0.15, 0.2) is 5.84 Å². The molecule has 5 nitrogen and oxygen atoms in total. The van der Waals surface area contributed by atoms with Gasteiger partial charge in [0.05, 0.1) is 12.1 Å². The van der Waals surface area contributed by atoms with E-state index in [-0.39, 0.29) is 24.0 Å². The average Bonchev–Trinajstić information content (AvgIpc) is 2.35.